The van der Waals surface area contributed by atoms with E-state index in [2.05, 4.69) is 5.32 Å². The molecule has 0 aliphatic rings. The molecule has 0 aromatic heterocycles. The molecule has 0 aliphatic carbocycles. The summed E-state index contributed by atoms with van der Waals surface area (Å²) in [7, 11) is 1.74. The van der Waals surface area contributed by atoms with E-state index in [0.29, 0.717) is 13.0 Å². The Morgan fingerprint density at radius 1 is 1.75 bits per heavy atom. The summed E-state index contributed by atoms with van der Waals surface area (Å²) < 4.78 is 0. The average Bonchev–Trinajstić information content (AvgIpc) is 1.83. The van der Waals surface area contributed by atoms with E-state index in [4.69, 9.17) is 5.21 Å². The van der Waals surface area contributed by atoms with Crippen molar-refractivity contribution >= 4 is 5.91 Å². The van der Waals surface area contributed by atoms with Crippen LogP contribution in [0.25, 0.3) is 0 Å². The maximum Gasteiger partial charge on any atom is 0.244 e. The molecule has 0 aliphatic heterocycles. The van der Waals surface area contributed by atoms with Crippen LogP contribution >= 0.6 is 0 Å². The molecule has 0 rings (SSSR count). The third-order valence-corrected chi connectivity index (χ3v) is 0.727. The van der Waals surface area contributed by atoms with Gasteiger partial charge in [0.15, 0.2) is 0 Å². The number of hydroxylamine groups is 1. The van der Waals surface area contributed by atoms with E-state index in [1.165, 1.54) is 5.48 Å². The zero-order valence-corrected chi connectivity index (χ0v) is 4.77. The number of amides is 1. The van der Waals surface area contributed by atoms with Crippen LogP contribution in [0, 0.1) is 0 Å². The molecular formula is C4H10N2O2. The standard InChI is InChI=1S/C4H10N2O2/c1-5-3-2-4(7)6-8/h5,8H,2-3H2,1H3,(H,6,7). The summed E-state index contributed by atoms with van der Waals surface area (Å²) in [5, 5.41) is 10.7. The van der Waals surface area contributed by atoms with Crippen molar-refractivity contribution in [1.82, 2.24) is 10.8 Å². The van der Waals surface area contributed by atoms with Crippen molar-refractivity contribution in [2.75, 3.05) is 13.6 Å². The summed E-state index contributed by atoms with van der Waals surface area (Å²) in [5.41, 5.74) is 1.52. The lowest BCUT2D eigenvalue weighted by molar-refractivity contribution is -0.129. The fraction of sp³-hybridized carbons (Fsp3) is 0.750. The molecule has 8 heavy (non-hydrogen) atoms. The Labute approximate surface area is 47.8 Å². The Morgan fingerprint density at radius 3 is 2.75 bits per heavy atom. The molecule has 0 aromatic rings. The van der Waals surface area contributed by atoms with Crippen LogP contribution in [-0.4, -0.2) is 24.7 Å². The van der Waals surface area contributed by atoms with Gasteiger partial charge in [-0.15, -0.1) is 0 Å². The Kier molecular flexibility index (Phi) is 4.20. The van der Waals surface area contributed by atoms with Crippen molar-refractivity contribution < 1.29 is 10.0 Å². The van der Waals surface area contributed by atoms with Crippen LogP contribution in [0.2, 0.25) is 0 Å². The molecule has 0 bridgehead atoms. The van der Waals surface area contributed by atoms with Crippen LogP contribution in [-0.2, 0) is 4.79 Å². The molecule has 1 amide bonds. The van der Waals surface area contributed by atoms with Gasteiger partial charge in [0, 0.05) is 13.0 Å². The zero-order chi connectivity index (χ0) is 6.41. The first-order valence-electron chi connectivity index (χ1n) is 2.38. The number of nitrogens with one attached hydrogen (secondary N) is 2. The normalized spacial score (nSPS) is 8.75. The molecule has 0 atom stereocenters. The molecule has 0 aromatic carbocycles. The monoisotopic (exact) mass is 118 g/mol. The predicted molar refractivity (Wildman–Crippen MR) is 28.5 cm³/mol. The second-order valence-electron chi connectivity index (χ2n) is 1.39. The second-order valence-corrected chi connectivity index (χ2v) is 1.39. The van der Waals surface area contributed by atoms with Crippen LogP contribution in [0.3, 0.4) is 0 Å². The van der Waals surface area contributed by atoms with Crippen molar-refractivity contribution in [2.45, 2.75) is 6.42 Å². The maximum absolute atomic E-state index is 10.2. The Bertz CT molecular complexity index is 74.4. The van der Waals surface area contributed by atoms with Gasteiger partial charge in [-0.1, -0.05) is 0 Å². The van der Waals surface area contributed by atoms with Gasteiger partial charge in [0.25, 0.3) is 0 Å². The van der Waals surface area contributed by atoms with Crippen molar-refractivity contribution in [3.05, 3.63) is 0 Å². The van der Waals surface area contributed by atoms with E-state index in [-0.39, 0.29) is 5.91 Å². The van der Waals surface area contributed by atoms with Gasteiger partial charge in [-0.25, -0.2) is 5.48 Å². The van der Waals surface area contributed by atoms with E-state index in [0.717, 1.165) is 0 Å². The molecule has 0 radical (unpaired) electrons. The fourth-order valence-electron chi connectivity index (χ4n) is 0.294. The summed E-state index contributed by atoms with van der Waals surface area (Å²) in [6.07, 6.45) is 0.312. The molecular weight excluding hydrogens is 108 g/mol. The van der Waals surface area contributed by atoms with Crippen LogP contribution < -0.4 is 10.8 Å². The second kappa shape index (κ2) is 4.55. The van der Waals surface area contributed by atoms with Gasteiger partial charge < -0.3 is 5.32 Å². The number of hydrogen-bond donors (Lipinski definition) is 3. The molecule has 0 unspecified atom stereocenters. The number of hydrogen-bond acceptors (Lipinski definition) is 3. The summed E-state index contributed by atoms with van der Waals surface area (Å²) >= 11 is 0. The predicted octanol–water partition coefficient (Wildman–Crippen LogP) is -0.899. The lowest BCUT2D eigenvalue weighted by Gasteiger charge is -1.94. The minimum Gasteiger partial charge on any atom is -0.319 e. The molecule has 4 nitrogen and oxygen atoms in total. The molecule has 0 fully saturated rings. The first-order chi connectivity index (χ1) is 3.81. The third-order valence-electron chi connectivity index (χ3n) is 0.727. The van der Waals surface area contributed by atoms with Crippen LogP contribution in [0.15, 0.2) is 0 Å². The topological polar surface area (TPSA) is 61.4 Å². The lowest BCUT2D eigenvalue weighted by atomic mass is 10.4. The van der Waals surface area contributed by atoms with Gasteiger partial charge in [0.05, 0.1) is 0 Å². The van der Waals surface area contributed by atoms with Gasteiger partial charge in [0.2, 0.25) is 5.91 Å². The third kappa shape index (κ3) is 3.58. The number of carbonyl (C=O) groups excluding carboxylic acids is 1. The van der Waals surface area contributed by atoms with Crippen LogP contribution in [0.5, 0.6) is 0 Å². The van der Waals surface area contributed by atoms with E-state index in [1.54, 1.807) is 7.05 Å². The Morgan fingerprint density at radius 2 is 2.38 bits per heavy atom. The lowest BCUT2D eigenvalue weighted by Crippen LogP contribution is -2.23. The Hall–Kier alpha value is -0.610. The first-order valence-corrected chi connectivity index (χ1v) is 2.38. The fourth-order valence-corrected chi connectivity index (χ4v) is 0.294. The van der Waals surface area contributed by atoms with Crippen LogP contribution in [0.4, 0.5) is 0 Å². The largest absolute Gasteiger partial charge is 0.319 e. The van der Waals surface area contributed by atoms with Crippen molar-refractivity contribution in [1.29, 1.82) is 0 Å². The first kappa shape index (κ1) is 7.39. The van der Waals surface area contributed by atoms with E-state index in [1.807, 2.05) is 0 Å². The quantitative estimate of drug-likeness (QED) is 0.332. The van der Waals surface area contributed by atoms with Crippen molar-refractivity contribution in [3.63, 3.8) is 0 Å². The minimum atomic E-state index is -0.362. The van der Waals surface area contributed by atoms with Gasteiger partial charge in [-0.2, -0.15) is 0 Å². The minimum absolute atomic E-state index is 0.312. The maximum atomic E-state index is 10.2. The molecule has 0 heterocycles. The highest BCUT2D eigenvalue weighted by Gasteiger charge is 1.93. The van der Waals surface area contributed by atoms with E-state index >= 15 is 0 Å². The molecule has 0 saturated carbocycles. The van der Waals surface area contributed by atoms with Gasteiger partial charge >= 0.3 is 0 Å². The van der Waals surface area contributed by atoms with Gasteiger partial charge in [-0.3, -0.25) is 10.0 Å². The highest BCUT2D eigenvalue weighted by atomic mass is 16.5. The van der Waals surface area contributed by atoms with Crippen LogP contribution in [0.1, 0.15) is 6.42 Å². The average molecular weight is 118 g/mol. The van der Waals surface area contributed by atoms with Gasteiger partial charge in [-0.05, 0) is 7.05 Å². The molecule has 0 spiro atoms. The molecule has 4 heteroatoms. The SMILES string of the molecule is CNCCC(=O)NO. The van der Waals surface area contributed by atoms with Crippen molar-refractivity contribution in [3.8, 4) is 0 Å². The summed E-state index contributed by atoms with van der Waals surface area (Å²) in [4.78, 5) is 10.2. The highest BCUT2D eigenvalue weighted by molar-refractivity contribution is 5.74. The Balaban J connectivity index is 2.99. The van der Waals surface area contributed by atoms with E-state index in [9.17, 15) is 4.79 Å². The smallest absolute Gasteiger partial charge is 0.244 e. The van der Waals surface area contributed by atoms with Gasteiger partial charge in [0.1, 0.15) is 0 Å². The number of carbonyl (C=O) groups is 1. The zero-order valence-electron chi connectivity index (χ0n) is 4.77. The molecule has 0 saturated heterocycles. The van der Waals surface area contributed by atoms with E-state index < -0.39 is 0 Å². The summed E-state index contributed by atoms with van der Waals surface area (Å²) in [6.45, 7) is 0.590. The molecule has 48 valence electrons. The molecule has 3 N–H and O–H groups in total. The van der Waals surface area contributed by atoms with Crippen molar-refractivity contribution in [2.24, 2.45) is 0 Å². The summed E-state index contributed by atoms with van der Waals surface area (Å²) in [5.74, 6) is -0.362. The summed E-state index contributed by atoms with van der Waals surface area (Å²) in [6, 6.07) is 0. The highest BCUT2D eigenvalue weighted by Crippen LogP contribution is 1.71. The number of rotatable bonds is 3.